The average Bonchev–Trinajstić information content (AvgIpc) is 3.25. The summed E-state index contributed by atoms with van der Waals surface area (Å²) in [6.45, 7) is 0.860. The summed E-state index contributed by atoms with van der Waals surface area (Å²) in [5.74, 6) is 1.90. The van der Waals surface area contributed by atoms with Crippen molar-refractivity contribution >= 4 is 12.4 Å². The van der Waals surface area contributed by atoms with Crippen LogP contribution in [0.1, 0.15) is 5.56 Å². The van der Waals surface area contributed by atoms with Crippen molar-refractivity contribution in [2.75, 3.05) is 7.11 Å². The van der Waals surface area contributed by atoms with E-state index >= 15 is 0 Å². The van der Waals surface area contributed by atoms with Gasteiger partial charge in [-0.3, -0.25) is 0 Å². The fourth-order valence-electron chi connectivity index (χ4n) is 3.70. The largest absolute Gasteiger partial charge is 0.497 e. The van der Waals surface area contributed by atoms with E-state index in [0.29, 0.717) is 0 Å². The monoisotopic (exact) mass is 374 g/mol. The quantitative estimate of drug-likeness (QED) is 0.406. The molecule has 5 rings (SSSR count). The Hall–Kier alpha value is -3.04. The minimum Gasteiger partial charge on any atom is -0.497 e. The molecule has 0 radical (unpaired) electrons. The molecule has 0 spiro atoms. The second kappa shape index (κ2) is 6.93. The van der Waals surface area contributed by atoms with Crippen LogP contribution in [0.15, 0.2) is 78.9 Å². The van der Waals surface area contributed by atoms with Crippen LogP contribution in [0.5, 0.6) is 5.75 Å². The molecule has 3 nitrogen and oxygen atoms in total. The van der Waals surface area contributed by atoms with Gasteiger partial charge in [0.05, 0.1) is 25.0 Å². The van der Waals surface area contributed by atoms with Gasteiger partial charge in [0.25, 0.3) is 0 Å². The van der Waals surface area contributed by atoms with E-state index in [9.17, 15) is 0 Å². The van der Waals surface area contributed by atoms with Crippen LogP contribution in [0.3, 0.4) is 0 Å². The molecule has 0 aliphatic carbocycles. The van der Waals surface area contributed by atoms with Gasteiger partial charge in [0, 0.05) is 16.7 Å². The zero-order valence-electron chi connectivity index (χ0n) is 14.9. The molecular formula is C23H19ClN2O. The molecule has 0 N–H and O–H groups in total. The summed E-state index contributed by atoms with van der Waals surface area (Å²) in [5, 5.41) is 0. The Labute approximate surface area is 164 Å². The highest BCUT2D eigenvalue weighted by atomic mass is 35.5. The lowest BCUT2D eigenvalue weighted by Crippen LogP contribution is -1.97. The standard InChI is InChI=1S/C23H18N2O.ClH/c1-26-19-13-11-16(12-14-19)21-22(17-7-3-2-4-8-17)25-15-18-9-5-6-10-20(18)23(25)24-21;/h2-14H,15H2,1H3;1H. The van der Waals surface area contributed by atoms with E-state index in [4.69, 9.17) is 9.72 Å². The van der Waals surface area contributed by atoms with Crippen LogP contribution >= 0.6 is 12.4 Å². The van der Waals surface area contributed by atoms with Crippen molar-refractivity contribution in [2.45, 2.75) is 6.54 Å². The number of methoxy groups -OCH3 is 1. The smallest absolute Gasteiger partial charge is 0.141 e. The number of hydrogen-bond donors (Lipinski definition) is 0. The molecule has 1 aromatic heterocycles. The Morgan fingerprint density at radius 3 is 2.26 bits per heavy atom. The predicted octanol–water partition coefficient (Wildman–Crippen LogP) is 5.68. The van der Waals surface area contributed by atoms with Gasteiger partial charge in [-0.15, -0.1) is 12.4 Å². The minimum absolute atomic E-state index is 0. The van der Waals surface area contributed by atoms with Gasteiger partial charge < -0.3 is 9.30 Å². The normalized spacial score (nSPS) is 11.4. The van der Waals surface area contributed by atoms with Crippen LogP contribution in [0.2, 0.25) is 0 Å². The van der Waals surface area contributed by atoms with Gasteiger partial charge in [-0.25, -0.2) is 4.98 Å². The zero-order valence-corrected chi connectivity index (χ0v) is 15.7. The van der Waals surface area contributed by atoms with Crippen LogP contribution < -0.4 is 4.74 Å². The van der Waals surface area contributed by atoms with E-state index in [1.807, 2.05) is 18.2 Å². The molecule has 1 aliphatic heterocycles. The Morgan fingerprint density at radius 1 is 0.815 bits per heavy atom. The Balaban J connectivity index is 0.00000180. The summed E-state index contributed by atoms with van der Waals surface area (Å²) in [6, 6.07) is 27.2. The highest BCUT2D eigenvalue weighted by molar-refractivity contribution is 5.85. The number of imidazole rings is 1. The molecule has 3 aromatic carbocycles. The van der Waals surface area contributed by atoms with Gasteiger partial charge in [0.1, 0.15) is 11.6 Å². The van der Waals surface area contributed by atoms with Crippen LogP contribution in [-0.2, 0) is 6.54 Å². The van der Waals surface area contributed by atoms with E-state index in [1.54, 1.807) is 7.11 Å². The SMILES string of the molecule is COc1ccc(-c2nc3n(c2-c2ccccc2)Cc2ccccc2-3)cc1.Cl. The Kier molecular flexibility index (Phi) is 4.46. The molecule has 0 fully saturated rings. The van der Waals surface area contributed by atoms with Crippen molar-refractivity contribution in [3.05, 3.63) is 84.4 Å². The van der Waals surface area contributed by atoms with Crippen LogP contribution in [0.25, 0.3) is 33.9 Å². The first kappa shape index (κ1) is 17.4. The van der Waals surface area contributed by atoms with Crippen molar-refractivity contribution in [2.24, 2.45) is 0 Å². The Bertz CT molecular complexity index is 1090. The molecule has 0 bridgehead atoms. The number of fused-ring (bicyclic) bond motifs is 3. The van der Waals surface area contributed by atoms with E-state index in [2.05, 4.69) is 65.2 Å². The third kappa shape index (κ3) is 2.81. The maximum atomic E-state index is 5.30. The van der Waals surface area contributed by atoms with Gasteiger partial charge >= 0.3 is 0 Å². The molecule has 134 valence electrons. The van der Waals surface area contributed by atoms with Crippen molar-refractivity contribution in [3.63, 3.8) is 0 Å². The van der Waals surface area contributed by atoms with Crippen molar-refractivity contribution in [3.8, 4) is 39.7 Å². The van der Waals surface area contributed by atoms with Gasteiger partial charge in [-0.1, -0.05) is 54.6 Å². The van der Waals surface area contributed by atoms with Crippen LogP contribution in [0.4, 0.5) is 0 Å². The van der Waals surface area contributed by atoms with Crippen molar-refractivity contribution < 1.29 is 4.74 Å². The maximum Gasteiger partial charge on any atom is 0.141 e. The van der Waals surface area contributed by atoms with Gasteiger partial charge in [0.15, 0.2) is 0 Å². The number of aromatic nitrogens is 2. The highest BCUT2D eigenvalue weighted by Gasteiger charge is 2.26. The molecule has 0 saturated heterocycles. The molecule has 4 heteroatoms. The second-order valence-corrected chi connectivity index (χ2v) is 6.47. The molecule has 2 heterocycles. The third-order valence-corrected chi connectivity index (χ3v) is 4.97. The Morgan fingerprint density at radius 2 is 1.52 bits per heavy atom. The number of ether oxygens (including phenoxy) is 1. The molecular weight excluding hydrogens is 356 g/mol. The minimum atomic E-state index is 0. The van der Waals surface area contributed by atoms with Gasteiger partial charge in [0.2, 0.25) is 0 Å². The van der Waals surface area contributed by atoms with Crippen molar-refractivity contribution in [1.82, 2.24) is 9.55 Å². The van der Waals surface area contributed by atoms with E-state index < -0.39 is 0 Å². The summed E-state index contributed by atoms with van der Waals surface area (Å²) in [7, 11) is 1.69. The summed E-state index contributed by atoms with van der Waals surface area (Å²) in [4.78, 5) is 5.06. The first-order valence-electron chi connectivity index (χ1n) is 8.74. The molecule has 4 aromatic rings. The molecule has 0 amide bonds. The topological polar surface area (TPSA) is 27.1 Å². The van der Waals surface area contributed by atoms with E-state index in [1.165, 1.54) is 22.4 Å². The van der Waals surface area contributed by atoms with Crippen molar-refractivity contribution in [1.29, 1.82) is 0 Å². The summed E-state index contributed by atoms with van der Waals surface area (Å²) < 4.78 is 7.63. The molecule has 0 atom stereocenters. The number of halogens is 1. The number of nitrogens with zero attached hydrogens (tertiary/aromatic N) is 2. The van der Waals surface area contributed by atoms with Crippen LogP contribution in [-0.4, -0.2) is 16.7 Å². The van der Waals surface area contributed by atoms with Crippen LogP contribution in [0, 0.1) is 0 Å². The lowest BCUT2D eigenvalue weighted by molar-refractivity contribution is 0.415. The summed E-state index contributed by atoms with van der Waals surface area (Å²) in [5.41, 5.74) is 7.03. The predicted molar refractivity (Wildman–Crippen MR) is 111 cm³/mol. The number of benzene rings is 3. The van der Waals surface area contributed by atoms with Gasteiger partial charge in [-0.2, -0.15) is 0 Å². The number of hydrogen-bond acceptors (Lipinski definition) is 2. The molecule has 0 saturated carbocycles. The zero-order chi connectivity index (χ0) is 17.5. The summed E-state index contributed by atoms with van der Waals surface area (Å²) >= 11 is 0. The second-order valence-electron chi connectivity index (χ2n) is 6.47. The first-order valence-corrected chi connectivity index (χ1v) is 8.74. The van der Waals surface area contributed by atoms with E-state index in [0.717, 1.165) is 29.4 Å². The fourth-order valence-corrected chi connectivity index (χ4v) is 3.70. The molecule has 27 heavy (non-hydrogen) atoms. The van der Waals surface area contributed by atoms with E-state index in [-0.39, 0.29) is 12.4 Å². The average molecular weight is 375 g/mol. The maximum absolute atomic E-state index is 5.30. The lowest BCUT2D eigenvalue weighted by atomic mass is 10.0. The molecule has 1 aliphatic rings. The lowest BCUT2D eigenvalue weighted by Gasteiger charge is -2.09. The first-order chi connectivity index (χ1) is 12.8. The summed E-state index contributed by atoms with van der Waals surface area (Å²) in [6.07, 6.45) is 0. The highest BCUT2D eigenvalue weighted by Crippen LogP contribution is 2.41. The fraction of sp³-hybridized carbons (Fsp3) is 0.0870. The molecule has 0 unspecified atom stereocenters. The van der Waals surface area contributed by atoms with Gasteiger partial charge in [-0.05, 0) is 29.8 Å². The number of rotatable bonds is 3. The third-order valence-electron chi connectivity index (χ3n) is 4.97.